The smallest absolute Gasteiger partial charge is 0.311 e. The minimum Gasteiger partial charge on any atom is -0.466 e. The van der Waals surface area contributed by atoms with E-state index >= 15 is 0 Å². The second-order valence-electron chi connectivity index (χ2n) is 4.46. The number of thiazole rings is 1. The summed E-state index contributed by atoms with van der Waals surface area (Å²) in [4.78, 5) is 26.0. The maximum Gasteiger partial charge on any atom is 0.311 e. The highest BCUT2D eigenvalue weighted by Gasteiger charge is 2.12. The number of nitro benzene ring substituents is 1. The molecule has 0 aliphatic rings. The highest BCUT2D eigenvalue weighted by molar-refractivity contribution is 7.13. The average Bonchev–Trinajstić information content (AvgIpc) is 2.94. The minimum absolute atomic E-state index is 0.0789. The molecule has 126 valence electrons. The molecule has 2 rings (SSSR count). The van der Waals surface area contributed by atoms with Gasteiger partial charge in [-0.15, -0.1) is 11.3 Å². The van der Waals surface area contributed by atoms with Crippen molar-refractivity contribution in [1.29, 1.82) is 0 Å². The lowest BCUT2D eigenvalue weighted by Crippen LogP contribution is -2.07. The first-order valence-corrected chi connectivity index (χ1v) is 8.08. The third-order valence-electron chi connectivity index (χ3n) is 2.73. The zero-order valence-electron chi connectivity index (χ0n) is 12.6. The SMILES string of the molecule is CCOC(=O)Cc1csc(NN=Cc2cc(Cl)ccc2[N+](=O)[O-])n1. The lowest BCUT2D eigenvalue weighted by Gasteiger charge is -1.99. The monoisotopic (exact) mass is 368 g/mol. The molecule has 1 heterocycles. The van der Waals surface area contributed by atoms with Crippen molar-refractivity contribution in [2.75, 3.05) is 12.0 Å². The number of nitrogens with one attached hydrogen (secondary N) is 1. The number of hydrogen-bond donors (Lipinski definition) is 1. The number of halogens is 1. The molecule has 1 aromatic carbocycles. The molecule has 8 nitrogen and oxygen atoms in total. The Balaban J connectivity index is 2.02. The highest BCUT2D eigenvalue weighted by Crippen LogP contribution is 2.21. The topological polar surface area (TPSA) is 107 Å². The van der Waals surface area contributed by atoms with Gasteiger partial charge in [-0.25, -0.2) is 4.98 Å². The summed E-state index contributed by atoms with van der Waals surface area (Å²) in [6.45, 7) is 2.05. The van der Waals surface area contributed by atoms with E-state index in [2.05, 4.69) is 15.5 Å². The van der Waals surface area contributed by atoms with Gasteiger partial charge in [0.15, 0.2) is 0 Å². The maximum absolute atomic E-state index is 11.4. The molecule has 0 fully saturated rings. The molecule has 0 amide bonds. The second-order valence-corrected chi connectivity index (χ2v) is 5.75. The van der Waals surface area contributed by atoms with E-state index in [0.717, 1.165) is 0 Å². The van der Waals surface area contributed by atoms with Crippen LogP contribution in [0.2, 0.25) is 5.02 Å². The number of nitro groups is 1. The quantitative estimate of drug-likeness (QED) is 0.348. The van der Waals surface area contributed by atoms with Crippen LogP contribution in [0.5, 0.6) is 0 Å². The fourth-order valence-corrected chi connectivity index (χ4v) is 2.59. The van der Waals surface area contributed by atoms with Gasteiger partial charge in [-0.05, 0) is 19.1 Å². The van der Waals surface area contributed by atoms with Crippen molar-refractivity contribution in [2.45, 2.75) is 13.3 Å². The molecule has 0 saturated heterocycles. The van der Waals surface area contributed by atoms with Crippen LogP contribution in [-0.4, -0.2) is 28.7 Å². The van der Waals surface area contributed by atoms with Crippen LogP contribution in [0.25, 0.3) is 0 Å². The second kappa shape index (κ2) is 8.37. The summed E-state index contributed by atoms with van der Waals surface area (Å²) in [6.07, 6.45) is 1.37. The van der Waals surface area contributed by atoms with Crippen molar-refractivity contribution in [3.05, 3.63) is 50.0 Å². The largest absolute Gasteiger partial charge is 0.466 e. The Morgan fingerprint density at radius 1 is 1.58 bits per heavy atom. The van der Waals surface area contributed by atoms with E-state index < -0.39 is 4.92 Å². The third kappa shape index (κ3) is 5.00. The van der Waals surface area contributed by atoms with Crippen molar-refractivity contribution < 1.29 is 14.5 Å². The van der Waals surface area contributed by atoms with Gasteiger partial charge in [0.05, 0.1) is 35.4 Å². The number of anilines is 1. The number of carbonyl (C=O) groups is 1. The number of nitrogens with zero attached hydrogens (tertiary/aromatic N) is 3. The van der Waals surface area contributed by atoms with Gasteiger partial charge in [-0.2, -0.15) is 5.10 Å². The first kappa shape index (κ1) is 17.8. The molecule has 0 bridgehead atoms. The number of hydrogen-bond acceptors (Lipinski definition) is 8. The summed E-state index contributed by atoms with van der Waals surface area (Å²) in [7, 11) is 0. The van der Waals surface area contributed by atoms with Crippen LogP contribution >= 0.6 is 22.9 Å². The van der Waals surface area contributed by atoms with Crippen molar-refractivity contribution in [1.82, 2.24) is 4.98 Å². The van der Waals surface area contributed by atoms with Crippen LogP contribution < -0.4 is 5.43 Å². The molecular formula is C14H13ClN4O4S. The minimum atomic E-state index is -0.515. The van der Waals surface area contributed by atoms with E-state index in [1.165, 1.54) is 35.8 Å². The molecule has 0 unspecified atom stereocenters. The molecule has 0 aliphatic carbocycles. The third-order valence-corrected chi connectivity index (χ3v) is 3.76. The van der Waals surface area contributed by atoms with Gasteiger partial charge >= 0.3 is 5.97 Å². The van der Waals surface area contributed by atoms with Crippen molar-refractivity contribution >= 4 is 45.9 Å². The predicted octanol–water partition coefficient (Wildman–Crippen LogP) is 3.26. The van der Waals surface area contributed by atoms with Crippen LogP contribution in [0.1, 0.15) is 18.2 Å². The first-order chi connectivity index (χ1) is 11.5. The summed E-state index contributed by atoms with van der Waals surface area (Å²) in [5.74, 6) is -0.354. The van der Waals surface area contributed by atoms with Crippen LogP contribution in [0.15, 0.2) is 28.7 Å². The van der Waals surface area contributed by atoms with Crippen molar-refractivity contribution in [3.8, 4) is 0 Å². The van der Waals surface area contributed by atoms with E-state index in [1.54, 1.807) is 12.3 Å². The summed E-state index contributed by atoms with van der Waals surface area (Å²) < 4.78 is 4.84. The summed E-state index contributed by atoms with van der Waals surface area (Å²) >= 11 is 7.09. The van der Waals surface area contributed by atoms with Crippen LogP contribution in [-0.2, 0) is 16.0 Å². The summed E-state index contributed by atoms with van der Waals surface area (Å²) in [6, 6.07) is 4.19. The molecule has 0 saturated carbocycles. The van der Waals surface area contributed by atoms with Gasteiger partial charge in [0, 0.05) is 16.5 Å². The number of benzene rings is 1. The Bertz CT molecular complexity index is 778. The fourth-order valence-electron chi connectivity index (χ4n) is 1.75. The molecule has 24 heavy (non-hydrogen) atoms. The number of ether oxygens (including phenoxy) is 1. The molecule has 10 heteroatoms. The average molecular weight is 369 g/mol. The Morgan fingerprint density at radius 3 is 3.08 bits per heavy atom. The van der Waals surface area contributed by atoms with Gasteiger partial charge in [0.2, 0.25) is 5.13 Å². The van der Waals surface area contributed by atoms with E-state index in [9.17, 15) is 14.9 Å². The lowest BCUT2D eigenvalue weighted by molar-refractivity contribution is -0.385. The van der Waals surface area contributed by atoms with Gasteiger partial charge < -0.3 is 4.74 Å². The zero-order valence-corrected chi connectivity index (χ0v) is 14.1. The number of esters is 1. The van der Waals surface area contributed by atoms with Crippen molar-refractivity contribution in [3.63, 3.8) is 0 Å². The lowest BCUT2D eigenvalue weighted by atomic mass is 10.2. The molecule has 0 aliphatic heterocycles. The van der Waals surface area contributed by atoms with Crippen molar-refractivity contribution in [2.24, 2.45) is 5.10 Å². The predicted molar refractivity (Wildman–Crippen MR) is 91.8 cm³/mol. The van der Waals surface area contributed by atoms with E-state index in [4.69, 9.17) is 16.3 Å². The highest BCUT2D eigenvalue weighted by atomic mass is 35.5. The van der Waals surface area contributed by atoms with Crippen LogP contribution in [0, 0.1) is 10.1 Å². The molecule has 1 aromatic heterocycles. The number of carbonyl (C=O) groups excluding carboxylic acids is 1. The van der Waals surface area contributed by atoms with Crippen LogP contribution in [0.3, 0.4) is 0 Å². The standard InChI is InChI=1S/C14H13ClN4O4S/c1-2-23-13(20)6-11-8-24-14(17-11)18-16-7-9-5-10(15)3-4-12(9)19(21)22/h3-5,7-8H,2,6H2,1H3,(H,17,18). The number of aromatic nitrogens is 1. The van der Waals surface area contributed by atoms with E-state index in [0.29, 0.717) is 22.5 Å². The first-order valence-electron chi connectivity index (χ1n) is 6.82. The number of hydrazone groups is 1. The zero-order chi connectivity index (χ0) is 17.5. The van der Waals surface area contributed by atoms with Gasteiger partial charge in [0.1, 0.15) is 0 Å². The van der Waals surface area contributed by atoms with Gasteiger partial charge in [-0.3, -0.25) is 20.3 Å². The molecular weight excluding hydrogens is 356 g/mol. The number of rotatable bonds is 7. The Labute approximate surface area is 146 Å². The van der Waals surface area contributed by atoms with Gasteiger partial charge in [0.25, 0.3) is 5.69 Å². The Kier molecular flexibility index (Phi) is 6.21. The molecule has 2 aromatic rings. The Hall–Kier alpha value is -2.52. The Morgan fingerprint density at radius 2 is 2.38 bits per heavy atom. The van der Waals surface area contributed by atoms with E-state index in [1.807, 2.05) is 0 Å². The maximum atomic E-state index is 11.4. The molecule has 0 spiro atoms. The van der Waals surface area contributed by atoms with Gasteiger partial charge in [-0.1, -0.05) is 11.6 Å². The van der Waals surface area contributed by atoms with Crippen LogP contribution in [0.4, 0.5) is 10.8 Å². The summed E-state index contributed by atoms with van der Waals surface area (Å²) in [5, 5.41) is 17.4. The fraction of sp³-hybridized carbons (Fsp3) is 0.214. The normalized spacial score (nSPS) is 10.8. The summed E-state index contributed by atoms with van der Waals surface area (Å²) in [5.41, 5.74) is 3.39. The van der Waals surface area contributed by atoms with E-state index in [-0.39, 0.29) is 23.6 Å². The molecule has 0 atom stereocenters. The molecule has 1 N–H and O–H groups in total. The molecule has 0 radical (unpaired) electrons.